The van der Waals surface area contributed by atoms with Gasteiger partial charge < -0.3 is 4.74 Å². The Kier molecular flexibility index (Phi) is 6.35. The molecule has 32 heavy (non-hydrogen) atoms. The van der Waals surface area contributed by atoms with Crippen molar-refractivity contribution in [1.29, 1.82) is 0 Å². The third kappa shape index (κ3) is 4.29. The van der Waals surface area contributed by atoms with Crippen LogP contribution in [-0.4, -0.2) is 32.2 Å². The van der Waals surface area contributed by atoms with E-state index >= 15 is 0 Å². The van der Waals surface area contributed by atoms with Crippen LogP contribution in [0.25, 0.3) is 0 Å². The monoisotopic (exact) mass is 456 g/mol. The largest absolute Gasteiger partial charge is 0.495 e. The molecular weight excluding hydrogens is 428 g/mol. The molecule has 1 aliphatic carbocycles. The summed E-state index contributed by atoms with van der Waals surface area (Å²) >= 11 is 0. The molecule has 8 heteroatoms. The first-order chi connectivity index (χ1) is 15.3. The number of benzene rings is 2. The summed E-state index contributed by atoms with van der Waals surface area (Å²) in [5.74, 6) is -0.532. The number of amides is 2. The summed E-state index contributed by atoms with van der Waals surface area (Å²) in [6.07, 6.45) is 3.42. The summed E-state index contributed by atoms with van der Waals surface area (Å²) in [4.78, 5) is 26.9. The molecule has 0 unspecified atom stereocenters. The lowest BCUT2D eigenvalue weighted by atomic mass is 9.81. The first-order valence-electron chi connectivity index (χ1n) is 10.9. The lowest BCUT2D eigenvalue weighted by Gasteiger charge is -2.19. The predicted octanol–water partition coefficient (Wildman–Crippen LogP) is 3.16. The van der Waals surface area contributed by atoms with E-state index in [-0.39, 0.29) is 47.4 Å². The number of likely N-dealkylation sites (tertiary alicyclic amines) is 1. The average molecular weight is 457 g/mol. The third-order valence-electron chi connectivity index (χ3n) is 6.50. The maximum Gasteiger partial charge on any atom is 0.244 e. The number of nitrogens with one attached hydrogen (secondary N) is 1. The predicted molar refractivity (Wildman–Crippen MR) is 119 cm³/mol. The van der Waals surface area contributed by atoms with Gasteiger partial charge in [-0.15, -0.1) is 0 Å². The molecule has 0 radical (unpaired) electrons. The molecule has 2 aliphatic rings. The second-order valence-corrected chi connectivity index (χ2v) is 10.2. The van der Waals surface area contributed by atoms with Crippen molar-refractivity contribution in [3.05, 3.63) is 59.2 Å². The van der Waals surface area contributed by atoms with Crippen LogP contribution in [0.3, 0.4) is 0 Å². The zero-order valence-corrected chi connectivity index (χ0v) is 19.2. The SMILES string of the molecule is COc1ccc(CN2C(=O)[C@H]3CCCC[C@H]3C2=O)cc1S(=O)(=O)NCc1ccccc1C. The fourth-order valence-electron chi connectivity index (χ4n) is 4.66. The van der Waals surface area contributed by atoms with E-state index in [1.54, 1.807) is 12.1 Å². The molecule has 1 saturated heterocycles. The number of carbonyl (C=O) groups is 2. The number of imide groups is 1. The van der Waals surface area contributed by atoms with Gasteiger partial charge in [-0.05, 0) is 48.6 Å². The summed E-state index contributed by atoms with van der Waals surface area (Å²) in [5.41, 5.74) is 2.44. The van der Waals surface area contributed by atoms with E-state index in [0.717, 1.165) is 36.8 Å². The molecule has 2 aromatic rings. The fourth-order valence-corrected chi connectivity index (χ4v) is 5.88. The van der Waals surface area contributed by atoms with Gasteiger partial charge >= 0.3 is 0 Å². The maximum absolute atomic E-state index is 13.1. The van der Waals surface area contributed by atoms with E-state index in [2.05, 4.69) is 4.72 Å². The van der Waals surface area contributed by atoms with Gasteiger partial charge in [0, 0.05) is 6.54 Å². The van der Waals surface area contributed by atoms with Gasteiger partial charge in [0.15, 0.2) is 0 Å². The Morgan fingerprint density at radius 2 is 1.69 bits per heavy atom. The summed E-state index contributed by atoms with van der Waals surface area (Å²) in [7, 11) is -2.48. The van der Waals surface area contributed by atoms with E-state index < -0.39 is 10.0 Å². The molecule has 1 N–H and O–H groups in total. The number of carbonyl (C=O) groups excluding carboxylic acids is 2. The van der Waals surface area contributed by atoms with E-state index in [9.17, 15) is 18.0 Å². The second-order valence-electron chi connectivity index (χ2n) is 8.50. The Labute approximate surface area is 188 Å². The van der Waals surface area contributed by atoms with Crippen molar-refractivity contribution in [3.8, 4) is 5.75 Å². The topological polar surface area (TPSA) is 92.8 Å². The highest BCUT2D eigenvalue weighted by molar-refractivity contribution is 7.89. The van der Waals surface area contributed by atoms with Crippen molar-refractivity contribution >= 4 is 21.8 Å². The lowest BCUT2D eigenvalue weighted by molar-refractivity contribution is -0.140. The van der Waals surface area contributed by atoms with Crippen LogP contribution in [0.1, 0.15) is 42.4 Å². The van der Waals surface area contributed by atoms with Crippen LogP contribution in [0.5, 0.6) is 5.75 Å². The molecule has 2 atom stereocenters. The van der Waals surface area contributed by atoms with Crippen LogP contribution in [0.2, 0.25) is 0 Å². The number of rotatable bonds is 7. The Morgan fingerprint density at radius 3 is 2.31 bits per heavy atom. The van der Waals surface area contributed by atoms with E-state index in [1.165, 1.54) is 18.1 Å². The van der Waals surface area contributed by atoms with Gasteiger partial charge in [-0.2, -0.15) is 0 Å². The number of hydrogen-bond donors (Lipinski definition) is 1. The van der Waals surface area contributed by atoms with Gasteiger partial charge in [0.2, 0.25) is 21.8 Å². The van der Waals surface area contributed by atoms with Crippen LogP contribution in [-0.2, 0) is 32.7 Å². The van der Waals surface area contributed by atoms with E-state index in [1.807, 2.05) is 31.2 Å². The molecule has 2 aromatic carbocycles. The highest BCUT2D eigenvalue weighted by Crippen LogP contribution is 2.39. The average Bonchev–Trinajstić information content (AvgIpc) is 3.03. The van der Waals surface area contributed by atoms with Crippen molar-refractivity contribution in [3.63, 3.8) is 0 Å². The highest BCUT2D eigenvalue weighted by Gasteiger charge is 2.47. The van der Waals surface area contributed by atoms with Gasteiger partial charge in [-0.3, -0.25) is 14.5 Å². The minimum absolute atomic E-state index is 0.0115. The zero-order chi connectivity index (χ0) is 22.9. The van der Waals surface area contributed by atoms with Crippen LogP contribution >= 0.6 is 0 Å². The maximum atomic E-state index is 13.1. The molecule has 2 amide bonds. The summed E-state index contributed by atoms with van der Waals surface area (Å²) < 4.78 is 34.1. The molecule has 1 heterocycles. The van der Waals surface area contributed by atoms with Crippen LogP contribution < -0.4 is 9.46 Å². The second kappa shape index (κ2) is 9.03. The molecular formula is C24H28N2O5S. The molecule has 0 aromatic heterocycles. The number of methoxy groups -OCH3 is 1. The molecule has 4 rings (SSSR count). The van der Waals surface area contributed by atoms with Crippen LogP contribution in [0.4, 0.5) is 0 Å². The van der Waals surface area contributed by atoms with Crippen LogP contribution in [0.15, 0.2) is 47.4 Å². The van der Waals surface area contributed by atoms with Gasteiger partial charge in [-0.25, -0.2) is 13.1 Å². The smallest absolute Gasteiger partial charge is 0.244 e. The number of nitrogens with zero attached hydrogens (tertiary/aromatic N) is 1. The summed E-state index contributed by atoms with van der Waals surface area (Å²) in [6, 6.07) is 12.3. The first-order valence-corrected chi connectivity index (χ1v) is 12.4. The van der Waals surface area contributed by atoms with Crippen molar-refractivity contribution in [1.82, 2.24) is 9.62 Å². The molecule has 1 saturated carbocycles. The molecule has 1 aliphatic heterocycles. The Hall–Kier alpha value is -2.71. The Morgan fingerprint density at radius 1 is 1.03 bits per heavy atom. The van der Waals surface area contributed by atoms with Gasteiger partial charge in [0.1, 0.15) is 10.6 Å². The fraction of sp³-hybridized carbons (Fsp3) is 0.417. The van der Waals surface area contributed by atoms with E-state index in [0.29, 0.717) is 5.56 Å². The molecule has 7 nitrogen and oxygen atoms in total. The van der Waals surface area contributed by atoms with Crippen LogP contribution in [0, 0.1) is 18.8 Å². The number of sulfonamides is 1. The number of ether oxygens (including phenoxy) is 1. The number of aryl methyl sites for hydroxylation is 1. The number of fused-ring (bicyclic) bond motifs is 1. The van der Waals surface area contributed by atoms with Crippen molar-refractivity contribution < 1.29 is 22.7 Å². The van der Waals surface area contributed by atoms with Gasteiger partial charge in [0.05, 0.1) is 25.5 Å². The molecule has 0 spiro atoms. The minimum atomic E-state index is -3.89. The highest BCUT2D eigenvalue weighted by atomic mass is 32.2. The lowest BCUT2D eigenvalue weighted by Crippen LogP contribution is -2.30. The molecule has 0 bridgehead atoms. The zero-order valence-electron chi connectivity index (χ0n) is 18.3. The first kappa shape index (κ1) is 22.5. The Bertz CT molecular complexity index is 1120. The third-order valence-corrected chi connectivity index (χ3v) is 7.93. The minimum Gasteiger partial charge on any atom is -0.495 e. The Balaban J connectivity index is 1.56. The summed E-state index contributed by atoms with van der Waals surface area (Å²) in [5, 5.41) is 0. The van der Waals surface area contributed by atoms with Crippen molar-refractivity contribution in [2.24, 2.45) is 11.8 Å². The van der Waals surface area contributed by atoms with Gasteiger partial charge in [0.25, 0.3) is 0 Å². The standard InChI is InChI=1S/C24H28N2O5S/c1-16-7-3-4-8-18(16)14-25-32(29,30)22-13-17(11-12-21(22)31-2)15-26-23(27)19-9-5-6-10-20(19)24(26)28/h3-4,7-8,11-13,19-20,25H,5-6,9-10,14-15H2,1-2H3/t19-,20+. The van der Waals surface area contributed by atoms with Crippen molar-refractivity contribution in [2.75, 3.05) is 7.11 Å². The molecule has 170 valence electrons. The van der Waals surface area contributed by atoms with Crippen molar-refractivity contribution in [2.45, 2.75) is 50.6 Å². The molecule has 2 fully saturated rings. The van der Waals surface area contributed by atoms with E-state index in [4.69, 9.17) is 4.74 Å². The summed E-state index contributed by atoms with van der Waals surface area (Å²) in [6.45, 7) is 2.14. The number of hydrogen-bond acceptors (Lipinski definition) is 5. The quantitative estimate of drug-likeness (QED) is 0.646. The van der Waals surface area contributed by atoms with Gasteiger partial charge in [-0.1, -0.05) is 43.2 Å². The normalized spacial score (nSPS) is 21.0.